The van der Waals surface area contributed by atoms with Crippen LogP contribution in [0, 0.1) is 31.1 Å². The lowest BCUT2D eigenvalue weighted by Crippen LogP contribution is -2.57. The first-order valence-corrected chi connectivity index (χ1v) is 15.5. The van der Waals surface area contributed by atoms with Gasteiger partial charge in [-0.15, -0.1) is 0 Å². The fourth-order valence-electron chi connectivity index (χ4n) is 8.71. The standard InChI is InChI=1S/C32H42F3N7O2/c1-18(8-26(36)43)37-27-10-25(32(33,34)35)40-29(41-27)23-6-5-7-24(39-23)31-13-21-9-22(14-31)12-30(11-21,16-31)17-42(4)15-28-38-19(2)20(3)44-28/h5-7,10,18,21-22,26,43H,8-9,11-17,36H2,1-4H3,(H,37,40,41). The van der Waals surface area contributed by atoms with Gasteiger partial charge in [0.05, 0.1) is 12.2 Å². The molecule has 0 radical (unpaired) electrons. The highest BCUT2D eigenvalue weighted by molar-refractivity contribution is 5.54. The van der Waals surface area contributed by atoms with Gasteiger partial charge in [0.1, 0.15) is 23.5 Å². The van der Waals surface area contributed by atoms with E-state index in [9.17, 15) is 18.3 Å². The molecule has 4 saturated carbocycles. The number of aliphatic hydroxyl groups is 1. The molecule has 3 aromatic rings. The summed E-state index contributed by atoms with van der Waals surface area (Å²) in [7, 11) is 2.13. The third-order valence-electron chi connectivity index (χ3n) is 9.79. The number of pyridine rings is 1. The van der Waals surface area contributed by atoms with Crippen LogP contribution in [0.4, 0.5) is 19.0 Å². The van der Waals surface area contributed by atoms with Gasteiger partial charge in [-0.2, -0.15) is 13.2 Å². The number of aryl methyl sites for hydroxylation is 2. The van der Waals surface area contributed by atoms with Gasteiger partial charge < -0.3 is 20.6 Å². The summed E-state index contributed by atoms with van der Waals surface area (Å²) in [5.74, 6) is 2.71. The number of aliphatic hydroxyl groups excluding tert-OH is 1. The smallest absolute Gasteiger partial charge is 0.433 e. The van der Waals surface area contributed by atoms with Crippen molar-refractivity contribution in [2.75, 3.05) is 18.9 Å². The minimum absolute atomic E-state index is 0.0101. The molecule has 0 spiro atoms. The number of nitrogens with two attached hydrogens (primary N) is 1. The number of alkyl halides is 3. The Labute approximate surface area is 255 Å². The van der Waals surface area contributed by atoms with Gasteiger partial charge in [0.2, 0.25) is 5.89 Å². The van der Waals surface area contributed by atoms with Crippen LogP contribution in [0.1, 0.15) is 80.6 Å². The summed E-state index contributed by atoms with van der Waals surface area (Å²) >= 11 is 0. The van der Waals surface area contributed by atoms with Crippen molar-refractivity contribution >= 4 is 5.82 Å². The average molecular weight is 614 g/mol. The predicted octanol–water partition coefficient (Wildman–Crippen LogP) is 5.60. The zero-order valence-electron chi connectivity index (χ0n) is 25.8. The molecule has 4 unspecified atom stereocenters. The van der Waals surface area contributed by atoms with Crippen molar-refractivity contribution in [2.45, 2.75) is 96.1 Å². The lowest BCUT2D eigenvalue weighted by atomic mass is 9.43. The zero-order chi connectivity index (χ0) is 31.4. The Morgan fingerprint density at radius 1 is 1.11 bits per heavy atom. The summed E-state index contributed by atoms with van der Waals surface area (Å²) in [6, 6.07) is 6.06. The fourth-order valence-corrected chi connectivity index (χ4v) is 8.71. The van der Waals surface area contributed by atoms with Crippen LogP contribution in [0.5, 0.6) is 0 Å². The van der Waals surface area contributed by atoms with E-state index in [1.54, 1.807) is 13.0 Å². The molecular formula is C32H42F3N7O2. The molecule has 3 aromatic heterocycles. The highest BCUT2D eigenvalue weighted by Gasteiger charge is 2.58. The van der Waals surface area contributed by atoms with Crippen LogP contribution >= 0.6 is 0 Å². The van der Waals surface area contributed by atoms with E-state index in [2.05, 4.69) is 32.2 Å². The van der Waals surface area contributed by atoms with E-state index in [0.29, 0.717) is 24.1 Å². The maximum atomic E-state index is 13.9. The van der Waals surface area contributed by atoms with Crippen molar-refractivity contribution in [2.24, 2.45) is 23.0 Å². The fraction of sp³-hybridized carbons (Fsp3) is 0.625. The Kier molecular flexibility index (Phi) is 7.99. The maximum Gasteiger partial charge on any atom is 0.433 e. The molecule has 0 saturated heterocycles. The van der Waals surface area contributed by atoms with Crippen molar-refractivity contribution in [3.63, 3.8) is 0 Å². The van der Waals surface area contributed by atoms with Crippen LogP contribution in [0.2, 0.25) is 0 Å². The second-order valence-corrected chi connectivity index (χ2v) is 13.9. The van der Waals surface area contributed by atoms with E-state index in [1.807, 2.05) is 26.0 Å². The molecule has 0 aliphatic heterocycles. The molecule has 4 aliphatic rings. The third-order valence-corrected chi connectivity index (χ3v) is 9.79. The SMILES string of the molecule is Cc1nc(CN(C)CC23CC4CC(C2)CC(c2cccc(-c5nc(NC(C)CC(N)O)cc(C(F)(F)F)n5)n2)(C4)C3)oc1C. The summed E-state index contributed by atoms with van der Waals surface area (Å²) in [5, 5.41) is 12.4. The summed E-state index contributed by atoms with van der Waals surface area (Å²) in [6.07, 6.45) is 1.05. The minimum atomic E-state index is -4.66. The zero-order valence-corrected chi connectivity index (χ0v) is 25.8. The molecule has 7 rings (SSSR count). The van der Waals surface area contributed by atoms with Gasteiger partial charge >= 0.3 is 6.18 Å². The topological polar surface area (TPSA) is 126 Å². The molecule has 4 bridgehead atoms. The van der Waals surface area contributed by atoms with Gasteiger partial charge in [-0.1, -0.05) is 6.07 Å². The second kappa shape index (κ2) is 11.4. The van der Waals surface area contributed by atoms with Crippen molar-refractivity contribution < 1.29 is 22.7 Å². The quantitative estimate of drug-likeness (QED) is 0.251. The second-order valence-electron chi connectivity index (χ2n) is 13.9. The Bertz CT molecular complexity index is 1470. The molecule has 4 fully saturated rings. The van der Waals surface area contributed by atoms with E-state index < -0.39 is 24.1 Å². The molecule has 3 heterocycles. The summed E-state index contributed by atoms with van der Waals surface area (Å²) in [4.78, 5) is 20.2. The summed E-state index contributed by atoms with van der Waals surface area (Å²) in [5.41, 5.74) is 6.59. The first kappa shape index (κ1) is 30.9. The van der Waals surface area contributed by atoms with Crippen LogP contribution in [-0.4, -0.2) is 55.8 Å². The minimum Gasteiger partial charge on any atom is -0.444 e. The highest BCUT2D eigenvalue weighted by Crippen LogP contribution is 2.65. The largest absolute Gasteiger partial charge is 0.444 e. The van der Waals surface area contributed by atoms with Crippen LogP contribution in [0.3, 0.4) is 0 Å². The first-order valence-electron chi connectivity index (χ1n) is 15.5. The number of hydrogen-bond acceptors (Lipinski definition) is 9. The van der Waals surface area contributed by atoms with Crippen LogP contribution in [0.25, 0.3) is 11.5 Å². The lowest BCUT2D eigenvalue weighted by molar-refractivity contribution is -0.141. The molecule has 238 valence electrons. The Morgan fingerprint density at radius 3 is 2.48 bits per heavy atom. The maximum absolute atomic E-state index is 13.9. The number of hydrogen-bond donors (Lipinski definition) is 3. The van der Waals surface area contributed by atoms with Crippen LogP contribution in [-0.2, 0) is 18.1 Å². The highest BCUT2D eigenvalue weighted by atomic mass is 19.4. The predicted molar refractivity (Wildman–Crippen MR) is 159 cm³/mol. The summed E-state index contributed by atoms with van der Waals surface area (Å²) < 4.78 is 47.5. The molecule has 0 aromatic carbocycles. The van der Waals surface area contributed by atoms with E-state index in [1.165, 1.54) is 19.3 Å². The molecule has 12 heteroatoms. The number of rotatable bonds is 10. The number of nitrogens with one attached hydrogen (secondary N) is 1. The van der Waals surface area contributed by atoms with Crippen LogP contribution < -0.4 is 11.1 Å². The van der Waals surface area contributed by atoms with Gasteiger partial charge in [0.15, 0.2) is 11.5 Å². The number of aromatic nitrogens is 4. The molecular weight excluding hydrogens is 571 g/mol. The van der Waals surface area contributed by atoms with Crippen molar-refractivity contribution in [3.05, 3.63) is 53.0 Å². The van der Waals surface area contributed by atoms with Crippen molar-refractivity contribution in [1.82, 2.24) is 24.8 Å². The van der Waals surface area contributed by atoms with Gasteiger partial charge in [0.25, 0.3) is 0 Å². The number of oxazole rings is 1. The first-order chi connectivity index (χ1) is 20.7. The molecule has 0 amide bonds. The van der Waals surface area contributed by atoms with Crippen LogP contribution in [0.15, 0.2) is 28.7 Å². The number of halogens is 3. The normalized spacial score (nSPS) is 27.6. The third kappa shape index (κ3) is 6.34. The monoisotopic (exact) mass is 613 g/mol. The molecule has 44 heavy (non-hydrogen) atoms. The van der Waals surface area contributed by atoms with Gasteiger partial charge in [-0.25, -0.2) is 19.9 Å². The van der Waals surface area contributed by atoms with Crippen molar-refractivity contribution in [1.29, 1.82) is 0 Å². The molecule has 9 nitrogen and oxygen atoms in total. The average Bonchev–Trinajstić information content (AvgIpc) is 3.22. The van der Waals surface area contributed by atoms with Gasteiger partial charge in [-0.05, 0) is 95.7 Å². The van der Waals surface area contributed by atoms with E-state index in [4.69, 9.17) is 15.1 Å². The van der Waals surface area contributed by atoms with E-state index >= 15 is 0 Å². The lowest BCUT2D eigenvalue weighted by Gasteiger charge is -2.62. The van der Waals surface area contributed by atoms with Crippen molar-refractivity contribution in [3.8, 4) is 11.5 Å². The van der Waals surface area contributed by atoms with Gasteiger partial charge in [-0.3, -0.25) is 4.90 Å². The van der Waals surface area contributed by atoms with Gasteiger partial charge in [0, 0.05) is 36.2 Å². The number of anilines is 1. The summed E-state index contributed by atoms with van der Waals surface area (Å²) in [6.45, 7) is 7.20. The Balaban J connectivity index is 1.28. The van der Waals surface area contributed by atoms with E-state index in [0.717, 1.165) is 54.9 Å². The molecule has 4 N–H and O–H groups in total. The number of nitrogens with zero attached hydrogens (tertiary/aromatic N) is 5. The molecule has 4 aliphatic carbocycles. The Hall–Kier alpha value is -3.09. The Morgan fingerprint density at radius 2 is 1.84 bits per heavy atom. The van der Waals surface area contributed by atoms with E-state index in [-0.39, 0.29) is 28.9 Å². The molecule has 4 atom stereocenters.